The highest BCUT2D eigenvalue weighted by atomic mass is 32.2. The highest BCUT2D eigenvalue weighted by Crippen LogP contribution is 2.31. The Morgan fingerprint density at radius 3 is 2.66 bits per heavy atom. The molecule has 1 N–H and O–H groups in total. The second-order valence-corrected chi connectivity index (χ2v) is 8.16. The van der Waals surface area contributed by atoms with Crippen LogP contribution in [0.3, 0.4) is 0 Å². The Bertz CT molecular complexity index is 1020. The molecule has 0 fully saturated rings. The summed E-state index contributed by atoms with van der Waals surface area (Å²) in [6.45, 7) is 0.885. The van der Waals surface area contributed by atoms with Crippen molar-refractivity contribution in [1.29, 1.82) is 0 Å². The van der Waals surface area contributed by atoms with Crippen LogP contribution in [0.25, 0.3) is 11.1 Å². The molecule has 0 unspecified atom stereocenters. The van der Waals surface area contributed by atoms with Crippen LogP contribution < -0.4 is 9.62 Å². The summed E-state index contributed by atoms with van der Waals surface area (Å²) in [5, 5.41) is 0. The number of rotatable bonds is 7. The van der Waals surface area contributed by atoms with Crippen molar-refractivity contribution in [2.75, 3.05) is 18.5 Å². The Labute approximate surface area is 175 Å². The van der Waals surface area contributed by atoms with Gasteiger partial charge in [-0.25, -0.2) is 4.39 Å². The van der Waals surface area contributed by atoms with Crippen LogP contribution in [-0.4, -0.2) is 19.5 Å². The van der Waals surface area contributed by atoms with Crippen molar-refractivity contribution in [2.45, 2.75) is 24.2 Å². The number of hydrogen-bond acceptors (Lipinski definition) is 3. The number of halogens is 1. The van der Waals surface area contributed by atoms with Gasteiger partial charge >= 0.3 is 0 Å². The van der Waals surface area contributed by atoms with Crippen LogP contribution in [0, 0.1) is 5.82 Å². The molecule has 0 aliphatic carbocycles. The first kappa shape index (κ1) is 19.7. The smallest absolute Gasteiger partial charge is 0.231 e. The fraction of sp³-hybridized carbons (Fsp3) is 0.208. The Morgan fingerprint density at radius 1 is 1.07 bits per heavy atom. The molecule has 3 aromatic rings. The van der Waals surface area contributed by atoms with Crippen LogP contribution in [0.5, 0.6) is 0 Å². The molecule has 1 aliphatic heterocycles. The number of carbonyl (C=O) groups is 1. The molecule has 3 nitrogen and oxygen atoms in total. The van der Waals surface area contributed by atoms with Crippen molar-refractivity contribution >= 4 is 23.5 Å². The first-order chi connectivity index (χ1) is 14.1. The average Bonchev–Trinajstić information content (AvgIpc) is 3.02. The maximum absolute atomic E-state index is 13.9. The van der Waals surface area contributed by atoms with Gasteiger partial charge in [-0.3, -0.25) is 9.52 Å². The molecule has 0 saturated carbocycles. The Hall–Kier alpha value is -2.63. The zero-order chi connectivity index (χ0) is 20.2. The number of carbonyl (C=O) groups excluding carboxylic acids is 1. The van der Waals surface area contributed by atoms with Crippen LogP contribution in [0.2, 0.25) is 0 Å². The number of aryl methyl sites for hydroxylation is 1. The van der Waals surface area contributed by atoms with Gasteiger partial charge in [0.25, 0.3) is 0 Å². The second-order valence-electron chi connectivity index (χ2n) is 7.20. The van der Waals surface area contributed by atoms with E-state index < -0.39 is 0 Å². The quantitative estimate of drug-likeness (QED) is 0.430. The van der Waals surface area contributed by atoms with Crippen molar-refractivity contribution < 1.29 is 9.18 Å². The summed E-state index contributed by atoms with van der Waals surface area (Å²) in [5.74, 6) is -0.0415. The number of anilines is 1. The third-order valence-electron chi connectivity index (χ3n) is 5.20. The zero-order valence-electron chi connectivity index (χ0n) is 16.3. The van der Waals surface area contributed by atoms with Crippen molar-refractivity contribution in [3.05, 3.63) is 83.7 Å². The molecule has 148 valence electrons. The maximum Gasteiger partial charge on any atom is 0.231 e. The molecule has 0 radical (unpaired) electrons. The SMILES string of the molecule is CN1C(=O)Cc2cc(SNCCCc3ccc(-c4ccccc4F)cc3)ccc21. The summed E-state index contributed by atoms with van der Waals surface area (Å²) < 4.78 is 17.3. The first-order valence-corrected chi connectivity index (χ1v) is 10.6. The molecular weight excluding hydrogens is 383 g/mol. The summed E-state index contributed by atoms with van der Waals surface area (Å²) in [5.41, 5.74) is 4.90. The van der Waals surface area contributed by atoms with Gasteiger partial charge in [-0.1, -0.05) is 42.5 Å². The average molecular weight is 407 g/mol. The molecule has 1 amide bonds. The van der Waals surface area contributed by atoms with E-state index in [1.165, 1.54) is 11.6 Å². The molecule has 4 rings (SSSR count). The van der Waals surface area contributed by atoms with Gasteiger partial charge in [0.05, 0.1) is 6.42 Å². The zero-order valence-corrected chi connectivity index (χ0v) is 17.1. The topological polar surface area (TPSA) is 32.3 Å². The number of fused-ring (bicyclic) bond motifs is 1. The molecule has 1 aliphatic rings. The van der Waals surface area contributed by atoms with Crippen molar-refractivity contribution in [2.24, 2.45) is 0 Å². The van der Waals surface area contributed by atoms with Gasteiger partial charge < -0.3 is 4.90 Å². The predicted octanol–water partition coefficient (Wildman–Crippen LogP) is 5.24. The number of nitrogens with one attached hydrogen (secondary N) is 1. The minimum absolute atomic E-state index is 0.149. The van der Waals surface area contributed by atoms with Crippen molar-refractivity contribution in [3.8, 4) is 11.1 Å². The number of amides is 1. The largest absolute Gasteiger partial charge is 0.315 e. The third kappa shape index (κ3) is 4.52. The van der Waals surface area contributed by atoms with Crippen molar-refractivity contribution in [3.63, 3.8) is 0 Å². The van der Waals surface area contributed by atoms with Crippen LogP contribution in [-0.2, 0) is 17.6 Å². The van der Waals surface area contributed by atoms with Gasteiger partial charge in [-0.2, -0.15) is 0 Å². The standard InChI is InChI=1S/C24H23FN2OS/c1-27-23-13-12-20(15-19(23)16-24(27)28)29-26-14-4-5-17-8-10-18(11-9-17)21-6-2-3-7-22(21)25/h2-3,6-13,15,26H,4-5,14,16H2,1H3. The van der Waals surface area contributed by atoms with E-state index in [1.807, 2.05) is 37.4 Å². The summed E-state index contributed by atoms with van der Waals surface area (Å²) in [6.07, 6.45) is 2.47. The minimum Gasteiger partial charge on any atom is -0.315 e. The van der Waals surface area contributed by atoms with E-state index in [4.69, 9.17) is 0 Å². The first-order valence-electron chi connectivity index (χ1n) is 9.75. The monoisotopic (exact) mass is 406 g/mol. The van der Waals surface area contributed by atoms with Crippen LogP contribution in [0.4, 0.5) is 10.1 Å². The van der Waals surface area contributed by atoms with E-state index >= 15 is 0 Å². The Balaban J connectivity index is 1.24. The number of nitrogens with zero attached hydrogens (tertiary/aromatic N) is 1. The van der Waals surface area contributed by atoms with Gasteiger partial charge in [0.15, 0.2) is 0 Å². The lowest BCUT2D eigenvalue weighted by atomic mass is 10.0. The normalized spacial score (nSPS) is 13.0. The van der Waals surface area contributed by atoms with Gasteiger partial charge in [0.2, 0.25) is 5.91 Å². The summed E-state index contributed by atoms with van der Waals surface area (Å²) in [7, 11) is 1.82. The summed E-state index contributed by atoms with van der Waals surface area (Å²) in [4.78, 5) is 14.6. The van der Waals surface area contributed by atoms with E-state index in [0.29, 0.717) is 12.0 Å². The molecule has 5 heteroatoms. The molecule has 29 heavy (non-hydrogen) atoms. The maximum atomic E-state index is 13.9. The highest BCUT2D eigenvalue weighted by molar-refractivity contribution is 7.97. The number of benzene rings is 3. The van der Waals surface area contributed by atoms with E-state index in [9.17, 15) is 9.18 Å². The molecule has 0 spiro atoms. The summed E-state index contributed by atoms with van der Waals surface area (Å²) >= 11 is 1.60. The van der Waals surface area contributed by atoms with E-state index in [2.05, 4.69) is 22.9 Å². The molecule has 0 saturated heterocycles. The van der Waals surface area contributed by atoms with Gasteiger partial charge in [0, 0.05) is 29.7 Å². The minimum atomic E-state index is -0.191. The van der Waals surface area contributed by atoms with Gasteiger partial charge in [0.1, 0.15) is 5.82 Å². The molecule has 0 bridgehead atoms. The van der Waals surface area contributed by atoms with Gasteiger partial charge in [-0.15, -0.1) is 0 Å². The Kier molecular flexibility index (Phi) is 5.97. The highest BCUT2D eigenvalue weighted by Gasteiger charge is 2.23. The van der Waals surface area contributed by atoms with E-state index in [-0.39, 0.29) is 11.7 Å². The number of likely N-dealkylation sites (N-methyl/N-ethyl adjacent to an activating group) is 1. The third-order valence-corrected chi connectivity index (χ3v) is 6.04. The second kappa shape index (κ2) is 8.80. The fourth-order valence-electron chi connectivity index (χ4n) is 3.56. The Morgan fingerprint density at radius 2 is 1.86 bits per heavy atom. The van der Waals surface area contributed by atoms with Crippen LogP contribution in [0.15, 0.2) is 71.6 Å². The van der Waals surface area contributed by atoms with E-state index in [1.54, 1.807) is 29.0 Å². The molecule has 1 heterocycles. The van der Waals surface area contributed by atoms with E-state index in [0.717, 1.165) is 41.1 Å². The lowest BCUT2D eigenvalue weighted by molar-refractivity contribution is -0.117. The lowest BCUT2D eigenvalue weighted by Crippen LogP contribution is -2.20. The fourth-order valence-corrected chi connectivity index (χ4v) is 4.31. The van der Waals surface area contributed by atoms with Crippen LogP contribution in [0.1, 0.15) is 17.5 Å². The summed E-state index contributed by atoms with van der Waals surface area (Å²) in [6, 6.07) is 21.1. The van der Waals surface area contributed by atoms with Gasteiger partial charge in [-0.05, 0) is 65.7 Å². The molecule has 3 aromatic carbocycles. The number of hydrogen-bond donors (Lipinski definition) is 1. The van der Waals surface area contributed by atoms with Crippen molar-refractivity contribution in [1.82, 2.24) is 4.72 Å². The lowest BCUT2D eigenvalue weighted by Gasteiger charge is -2.10. The van der Waals surface area contributed by atoms with Crippen LogP contribution >= 0.6 is 11.9 Å². The molecule has 0 aromatic heterocycles. The molecule has 0 atom stereocenters. The molecular formula is C24H23FN2OS. The predicted molar refractivity (Wildman–Crippen MR) is 118 cm³/mol.